The van der Waals surface area contributed by atoms with Crippen molar-refractivity contribution < 1.29 is 9.53 Å². The summed E-state index contributed by atoms with van der Waals surface area (Å²) in [5, 5.41) is 0. The van der Waals surface area contributed by atoms with E-state index < -0.39 is 0 Å². The van der Waals surface area contributed by atoms with Crippen LogP contribution < -0.4 is 9.64 Å². The number of anilines is 1. The summed E-state index contributed by atoms with van der Waals surface area (Å²) in [5.41, 5.74) is 0.833. The first kappa shape index (κ1) is 12.5. The molecule has 0 N–H and O–H groups in total. The SMILES string of the molecule is CC1(CC(=O)N2CC(C)(C)Oc3ccccc32)CC1. The molecule has 0 atom stereocenters. The van der Waals surface area contributed by atoms with Gasteiger partial charge in [-0.3, -0.25) is 4.79 Å². The van der Waals surface area contributed by atoms with Crippen LogP contribution in [0.2, 0.25) is 0 Å². The number of amides is 1. The van der Waals surface area contributed by atoms with Crippen LogP contribution in [0.4, 0.5) is 5.69 Å². The van der Waals surface area contributed by atoms with E-state index >= 15 is 0 Å². The minimum Gasteiger partial charge on any atom is -0.484 e. The lowest BCUT2D eigenvalue weighted by Crippen LogP contribution is -2.49. The van der Waals surface area contributed by atoms with Crippen LogP contribution in [0.15, 0.2) is 24.3 Å². The second-order valence-corrected chi connectivity index (χ2v) is 6.80. The average molecular weight is 259 g/mol. The number of benzene rings is 1. The maximum absolute atomic E-state index is 12.6. The van der Waals surface area contributed by atoms with Crippen molar-refractivity contribution in [1.82, 2.24) is 0 Å². The summed E-state index contributed by atoms with van der Waals surface area (Å²) in [5.74, 6) is 1.04. The predicted octanol–water partition coefficient (Wildman–Crippen LogP) is 3.38. The van der Waals surface area contributed by atoms with Gasteiger partial charge in [-0.25, -0.2) is 0 Å². The summed E-state index contributed by atoms with van der Waals surface area (Å²) in [6.45, 7) is 6.88. The van der Waals surface area contributed by atoms with Crippen LogP contribution in [0.25, 0.3) is 0 Å². The lowest BCUT2D eigenvalue weighted by atomic mass is 10.0. The Morgan fingerprint density at radius 1 is 1.26 bits per heavy atom. The first-order valence-electron chi connectivity index (χ1n) is 6.97. The normalized spacial score (nSPS) is 22.4. The Kier molecular flexibility index (Phi) is 2.63. The Morgan fingerprint density at radius 3 is 2.63 bits per heavy atom. The minimum absolute atomic E-state index is 0.226. The van der Waals surface area contributed by atoms with Crippen molar-refractivity contribution in [3.05, 3.63) is 24.3 Å². The third-order valence-corrected chi connectivity index (χ3v) is 4.06. The van der Waals surface area contributed by atoms with E-state index in [0.29, 0.717) is 13.0 Å². The van der Waals surface area contributed by atoms with E-state index in [-0.39, 0.29) is 16.9 Å². The third-order valence-electron chi connectivity index (χ3n) is 4.06. The number of hydrogen-bond donors (Lipinski definition) is 0. The summed E-state index contributed by atoms with van der Waals surface area (Å²) in [6.07, 6.45) is 3.00. The van der Waals surface area contributed by atoms with Gasteiger partial charge in [0.25, 0.3) is 0 Å². The van der Waals surface area contributed by atoms with Gasteiger partial charge < -0.3 is 9.64 Å². The molecule has 1 aliphatic heterocycles. The summed E-state index contributed by atoms with van der Waals surface area (Å²) < 4.78 is 5.95. The van der Waals surface area contributed by atoms with Crippen molar-refractivity contribution in [2.75, 3.05) is 11.4 Å². The molecule has 1 heterocycles. The maximum Gasteiger partial charge on any atom is 0.227 e. The quantitative estimate of drug-likeness (QED) is 0.815. The molecule has 1 aromatic carbocycles. The first-order chi connectivity index (χ1) is 8.89. The molecule has 0 spiro atoms. The highest BCUT2D eigenvalue weighted by Crippen LogP contribution is 2.49. The van der Waals surface area contributed by atoms with Crippen LogP contribution in [0.5, 0.6) is 5.75 Å². The molecule has 3 rings (SSSR count). The van der Waals surface area contributed by atoms with E-state index in [1.165, 1.54) is 12.8 Å². The molecule has 1 amide bonds. The van der Waals surface area contributed by atoms with Gasteiger partial charge in [-0.2, -0.15) is 0 Å². The number of carbonyl (C=O) groups is 1. The first-order valence-corrected chi connectivity index (χ1v) is 6.97. The summed E-state index contributed by atoms with van der Waals surface area (Å²) >= 11 is 0. The van der Waals surface area contributed by atoms with Gasteiger partial charge in [-0.05, 0) is 44.2 Å². The fraction of sp³-hybridized carbons (Fsp3) is 0.562. The molecule has 0 saturated heterocycles. The van der Waals surface area contributed by atoms with Gasteiger partial charge in [0.1, 0.15) is 11.4 Å². The molecule has 19 heavy (non-hydrogen) atoms. The third kappa shape index (κ3) is 2.46. The molecule has 1 aliphatic carbocycles. The Morgan fingerprint density at radius 2 is 1.95 bits per heavy atom. The summed E-state index contributed by atoms with van der Waals surface area (Å²) in [7, 11) is 0. The Bertz CT molecular complexity index is 517. The molecule has 1 saturated carbocycles. The van der Waals surface area contributed by atoms with E-state index in [2.05, 4.69) is 6.92 Å². The molecule has 0 aromatic heterocycles. The van der Waals surface area contributed by atoms with Crippen LogP contribution in [0, 0.1) is 5.41 Å². The fourth-order valence-corrected chi connectivity index (χ4v) is 2.64. The van der Waals surface area contributed by atoms with Crippen LogP contribution in [-0.2, 0) is 4.79 Å². The van der Waals surface area contributed by atoms with E-state index in [1.54, 1.807) is 0 Å². The van der Waals surface area contributed by atoms with Gasteiger partial charge in [-0.15, -0.1) is 0 Å². The summed E-state index contributed by atoms with van der Waals surface area (Å²) in [4.78, 5) is 14.5. The number of carbonyl (C=O) groups excluding carboxylic acids is 1. The van der Waals surface area contributed by atoms with Crippen molar-refractivity contribution in [2.45, 2.75) is 45.6 Å². The molecule has 3 heteroatoms. The largest absolute Gasteiger partial charge is 0.484 e. The standard InChI is InChI=1S/C16H21NO2/c1-15(2)11-17(14(18)10-16(3)8-9-16)12-6-4-5-7-13(12)19-15/h4-7H,8-11H2,1-3H3. The van der Waals surface area contributed by atoms with E-state index in [9.17, 15) is 4.79 Å². The molecular weight excluding hydrogens is 238 g/mol. The predicted molar refractivity (Wildman–Crippen MR) is 75.5 cm³/mol. The van der Waals surface area contributed by atoms with E-state index in [0.717, 1.165) is 11.4 Å². The van der Waals surface area contributed by atoms with Crippen molar-refractivity contribution in [3.8, 4) is 5.75 Å². The molecule has 0 radical (unpaired) electrons. The van der Waals surface area contributed by atoms with E-state index in [1.807, 2.05) is 43.0 Å². The van der Waals surface area contributed by atoms with Gasteiger partial charge in [-0.1, -0.05) is 19.1 Å². The number of fused-ring (bicyclic) bond motifs is 1. The number of rotatable bonds is 2. The van der Waals surface area contributed by atoms with Crippen molar-refractivity contribution in [3.63, 3.8) is 0 Å². The zero-order chi connectivity index (χ0) is 13.7. The van der Waals surface area contributed by atoms with Crippen molar-refractivity contribution in [2.24, 2.45) is 5.41 Å². The molecule has 0 unspecified atom stereocenters. The lowest BCUT2D eigenvalue weighted by molar-refractivity contribution is -0.120. The van der Waals surface area contributed by atoms with Gasteiger partial charge in [0.15, 0.2) is 0 Å². The molecule has 1 fully saturated rings. The van der Waals surface area contributed by atoms with Crippen LogP contribution in [-0.4, -0.2) is 18.1 Å². The molecule has 3 nitrogen and oxygen atoms in total. The van der Waals surface area contributed by atoms with Gasteiger partial charge in [0, 0.05) is 6.42 Å². The highest BCUT2D eigenvalue weighted by atomic mass is 16.5. The summed E-state index contributed by atoms with van der Waals surface area (Å²) in [6, 6.07) is 7.82. The Labute approximate surface area is 114 Å². The molecule has 1 aromatic rings. The second kappa shape index (κ2) is 3.99. The van der Waals surface area contributed by atoms with Crippen LogP contribution in [0.1, 0.15) is 40.0 Å². The molecule has 0 bridgehead atoms. The lowest BCUT2D eigenvalue weighted by Gasteiger charge is -2.40. The smallest absolute Gasteiger partial charge is 0.227 e. The highest BCUT2D eigenvalue weighted by Gasteiger charge is 2.42. The van der Waals surface area contributed by atoms with Gasteiger partial charge >= 0.3 is 0 Å². The zero-order valence-electron chi connectivity index (χ0n) is 11.9. The van der Waals surface area contributed by atoms with Crippen molar-refractivity contribution >= 4 is 11.6 Å². The van der Waals surface area contributed by atoms with Gasteiger partial charge in [0.2, 0.25) is 5.91 Å². The number of hydrogen-bond acceptors (Lipinski definition) is 2. The topological polar surface area (TPSA) is 29.5 Å². The average Bonchev–Trinajstić information content (AvgIpc) is 3.04. The minimum atomic E-state index is -0.325. The van der Waals surface area contributed by atoms with Crippen LogP contribution >= 0.6 is 0 Å². The maximum atomic E-state index is 12.6. The second-order valence-electron chi connectivity index (χ2n) is 6.80. The van der Waals surface area contributed by atoms with Crippen LogP contribution in [0.3, 0.4) is 0 Å². The Hall–Kier alpha value is -1.51. The molecule has 102 valence electrons. The highest BCUT2D eigenvalue weighted by molar-refractivity contribution is 5.96. The Balaban J connectivity index is 1.89. The fourth-order valence-electron chi connectivity index (χ4n) is 2.64. The number of nitrogens with zero attached hydrogens (tertiary/aromatic N) is 1. The number of para-hydroxylation sites is 2. The number of ether oxygens (including phenoxy) is 1. The molecule has 2 aliphatic rings. The zero-order valence-corrected chi connectivity index (χ0v) is 11.9. The monoisotopic (exact) mass is 259 g/mol. The molecular formula is C16H21NO2. The van der Waals surface area contributed by atoms with Gasteiger partial charge in [0.05, 0.1) is 12.2 Å². The van der Waals surface area contributed by atoms with Crippen molar-refractivity contribution in [1.29, 1.82) is 0 Å². The van der Waals surface area contributed by atoms with E-state index in [4.69, 9.17) is 4.74 Å².